The fourth-order valence-electron chi connectivity index (χ4n) is 1.71. The third-order valence-corrected chi connectivity index (χ3v) is 5.12. The lowest BCUT2D eigenvalue weighted by Crippen LogP contribution is -2.24. The first-order valence-electron chi connectivity index (χ1n) is 6.10. The van der Waals surface area contributed by atoms with E-state index in [1.54, 1.807) is 31.3 Å². The minimum absolute atomic E-state index is 0.0832. The number of sulfonamides is 1. The van der Waals surface area contributed by atoms with E-state index in [-0.39, 0.29) is 18.0 Å². The Balaban J connectivity index is 2.19. The summed E-state index contributed by atoms with van der Waals surface area (Å²) in [6, 6.07) is 6.24. The summed E-state index contributed by atoms with van der Waals surface area (Å²) in [6.45, 7) is 1.68. The number of nitrogens with one attached hydrogen (secondary N) is 1. The van der Waals surface area contributed by atoms with Crippen molar-refractivity contribution in [2.24, 2.45) is 0 Å². The van der Waals surface area contributed by atoms with Crippen LogP contribution in [0, 0.1) is 6.92 Å². The van der Waals surface area contributed by atoms with E-state index < -0.39 is 10.0 Å². The number of hydrogen-bond acceptors (Lipinski definition) is 5. The number of rotatable bonds is 5. The van der Waals surface area contributed by atoms with Gasteiger partial charge in [0.15, 0.2) is 0 Å². The molecule has 2 N–H and O–H groups in total. The molecule has 0 aliphatic carbocycles. The van der Waals surface area contributed by atoms with Gasteiger partial charge in [0.2, 0.25) is 10.0 Å². The summed E-state index contributed by atoms with van der Waals surface area (Å²) in [7, 11) is -3.67. The number of benzene rings is 1. The van der Waals surface area contributed by atoms with E-state index in [0.29, 0.717) is 21.6 Å². The average Bonchev–Trinajstić information content (AvgIpc) is 2.45. The number of aliphatic hydroxyl groups excluding tert-OH is 1. The monoisotopic (exact) mass is 371 g/mol. The molecule has 21 heavy (non-hydrogen) atoms. The van der Waals surface area contributed by atoms with Gasteiger partial charge in [0.05, 0.1) is 23.7 Å². The highest BCUT2D eigenvalue weighted by Crippen LogP contribution is 2.23. The molecule has 1 heterocycles. The molecule has 0 atom stereocenters. The summed E-state index contributed by atoms with van der Waals surface area (Å²) in [5.74, 6) is 0.583. The summed E-state index contributed by atoms with van der Waals surface area (Å²) < 4.78 is 27.4. The van der Waals surface area contributed by atoms with Crippen molar-refractivity contribution in [2.45, 2.75) is 25.0 Å². The molecule has 1 aromatic heterocycles. The Labute approximate surface area is 131 Å². The van der Waals surface area contributed by atoms with Crippen molar-refractivity contribution in [3.05, 3.63) is 52.0 Å². The van der Waals surface area contributed by atoms with Crippen LogP contribution < -0.4 is 4.72 Å². The van der Waals surface area contributed by atoms with Crippen molar-refractivity contribution in [1.82, 2.24) is 14.7 Å². The van der Waals surface area contributed by atoms with Crippen LogP contribution in [0.5, 0.6) is 0 Å². The van der Waals surface area contributed by atoms with Gasteiger partial charge in [-0.05, 0) is 46.6 Å². The molecule has 0 fully saturated rings. The molecular formula is C13H14BrN3O3S. The zero-order valence-electron chi connectivity index (χ0n) is 11.2. The first kappa shape index (κ1) is 16.0. The lowest BCUT2D eigenvalue weighted by Gasteiger charge is -2.09. The minimum atomic E-state index is -3.67. The summed E-state index contributed by atoms with van der Waals surface area (Å²) in [6.07, 6.45) is 1.58. The van der Waals surface area contributed by atoms with E-state index in [4.69, 9.17) is 5.11 Å². The molecule has 0 radical (unpaired) electrons. The van der Waals surface area contributed by atoms with Gasteiger partial charge in [0.1, 0.15) is 5.82 Å². The van der Waals surface area contributed by atoms with E-state index in [1.165, 1.54) is 6.07 Å². The standard InChI is InChI=1S/C13H14BrN3O3S/c1-9-15-5-4-11(17-9)7-16-21(19,20)13-3-2-10(8-18)6-12(13)14/h2-6,16,18H,7-8H2,1H3. The summed E-state index contributed by atoms with van der Waals surface area (Å²) in [5, 5.41) is 9.03. The lowest BCUT2D eigenvalue weighted by atomic mass is 10.2. The Kier molecular flexibility index (Phi) is 5.04. The maximum absolute atomic E-state index is 12.3. The Morgan fingerprint density at radius 3 is 2.71 bits per heavy atom. The zero-order valence-corrected chi connectivity index (χ0v) is 13.6. The van der Waals surface area contributed by atoms with E-state index in [9.17, 15) is 8.42 Å². The van der Waals surface area contributed by atoms with Crippen LogP contribution >= 0.6 is 15.9 Å². The van der Waals surface area contributed by atoms with Gasteiger partial charge >= 0.3 is 0 Å². The van der Waals surface area contributed by atoms with Crippen molar-refractivity contribution in [3.63, 3.8) is 0 Å². The van der Waals surface area contributed by atoms with Gasteiger partial charge in [-0.15, -0.1) is 0 Å². The molecule has 0 saturated heterocycles. The number of aromatic nitrogens is 2. The number of nitrogens with zero attached hydrogens (tertiary/aromatic N) is 2. The highest BCUT2D eigenvalue weighted by atomic mass is 79.9. The Hall–Kier alpha value is -1.35. The molecule has 0 aliphatic rings. The SMILES string of the molecule is Cc1nccc(CNS(=O)(=O)c2ccc(CO)cc2Br)n1. The molecule has 0 saturated carbocycles. The minimum Gasteiger partial charge on any atom is -0.392 e. The topological polar surface area (TPSA) is 92.2 Å². The molecule has 2 rings (SSSR count). The van der Waals surface area contributed by atoms with Crippen molar-refractivity contribution >= 4 is 26.0 Å². The second kappa shape index (κ2) is 6.61. The van der Waals surface area contributed by atoms with Crippen LogP contribution in [0.15, 0.2) is 39.8 Å². The largest absolute Gasteiger partial charge is 0.392 e. The van der Waals surface area contributed by atoms with Gasteiger partial charge in [0.25, 0.3) is 0 Å². The van der Waals surface area contributed by atoms with Gasteiger partial charge in [-0.25, -0.2) is 23.1 Å². The number of hydrogen-bond donors (Lipinski definition) is 2. The van der Waals surface area contributed by atoms with Crippen molar-refractivity contribution in [2.75, 3.05) is 0 Å². The second-order valence-corrected chi connectivity index (χ2v) is 6.93. The fraction of sp³-hybridized carbons (Fsp3) is 0.231. The molecule has 0 spiro atoms. The van der Waals surface area contributed by atoms with Crippen molar-refractivity contribution in [3.8, 4) is 0 Å². The van der Waals surface area contributed by atoms with Gasteiger partial charge in [0, 0.05) is 10.7 Å². The highest BCUT2D eigenvalue weighted by Gasteiger charge is 2.17. The molecule has 1 aromatic carbocycles. The maximum atomic E-state index is 12.3. The number of aliphatic hydroxyl groups is 1. The van der Waals surface area contributed by atoms with Crippen molar-refractivity contribution in [1.29, 1.82) is 0 Å². The Morgan fingerprint density at radius 2 is 2.10 bits per heavy atom. The summed E-state index contributed by atoms with van der Waals surface area (Å²) in [4.78, 5) is 8.21. The molecule has 0 unspecified atom stereocenters. The second-order valence-electron chi connectivity index (χ2n) is 4.34. The first-order chi connectivity index (χ1) is 9.92. The zero-order chi connectivity index (χ0) is 15.5. The molecule has 8 heteroatoms. The van der Waals surface area contributed by atoms with Crippen LogP contribution in [-0.4, -0.2) is 23.5 Å². The van der Waals surface area contributed by atoms with E-state index in [2.05, 4.69) is 30.6 Å². The third kappa shape index (κ3) is 4.07. The van der Waals surface area contributed by atoms with Gasteiger partial charge in [-0.3, -0.25) is 0 Å². The predicted octanol–water partition coefficient (Wildman–Crippen LogP) is 1.52. The number of halogens is 1. The van der Waals surface area contributed by atoms with Crippen LogP contribution in [-0.2, 0) is 23.2 Å². The van der Waals surface area contributed by atoms with Crippen LogP contribution in [0.2, 0.25) is 0 Å². The molecule has 6 nitrogen and oxygen atoms in total. The van der Waals surface area contributed by atoms with Crippen LogP contribution in [0.25, 0.3) is 0 Å². The highest BCUT2D eigenvalue weighted by molar-refractivity contribution is 9.10. The quantitative estimate of drug-likeness (QED) is 0.830. The van der Waals surface area contributed by atoms with E-state index in [1.807, 2.05) is 0 Å². The molecule has 0 amide bonds. The third-order valence-electron chi connectivity index (χ3n) is 2.75. The van der Waals surface area contributed by atoms with E-state index in [0.717, 1.165) is 0 Å². The molecule has 112 valence electrons. The first-order valence-corrected chi connectivity index (χ1v) is 8.37. The van der Waals surface area contributed by atoms with Gasteiger partial charge < -0.3 is 5.11 Å². The van der Waals surface area contributed by atoms with Gasteiger partial charge in [-0.1, -0.05) is 6.07 Å². The molecular weight excluding hydrogens is 358 g/mol. The van der Waals surface area contributed by atoms with Crippen molar-refractivity contribution < 1.29 is 13.5 Å². The average molecular weight is 372 g/mol. The molecule has 0 bridgehead atoms. The molecule has 2 aromatic rings. The number of aryl methyl sites for hydroxylation is 1. The Bertz CT molecular complexity index is 750. The Morgan fingerprint density at radius 1 is 1.33 bits per heavy atom. The fourth-order valence-corrected chi connectivity index (χ4v) is 3.83. The van der Waals surface area contributed by atoms with Crippen LogP contribution in [0.4, 0.5) is 0 Å². The summed E-state index contributed by atoms with van der Waals surface area (Å²) in [5.41, 5.74) is 1.22. The van der Waals surface area contributed by atoms with Crippen LogP contribution in [0.1, 0.15) is 17.1 Å². The van der Waals surface area contributed by atoms with Gasteiger partial charge in [-0.2, -0.15) is 0 Å². The predicted molar refractivity (Wildman–Crippen MR) is 80.9 cm³/mol. The normalized spacial score (nSPS) is 11.6. The smallest absolute Gasteiger partial charge is 0.242 e. The maximum Gasteiger partial charge on any atom is 0.242 e. The lowest BCUT2D eigenvalue weighted by molar-refractivity contribution is 0.281. The van der Waals surface area contributed by atoms with Crippen LogP contribution in [0.3, 0.4) is 0 Å². The molecule has 0 aliphatic heterocycles. The van der Waals surface area contributed by atoms with E-state index >= 15 is 0 Å². The summed E-state index contributed by atoms with van der Waals surface area (Å²) >= 11 is 3.21.